The van der Waals surface area contributed by atoms with Gasteiger partial charge < -0.3 is 14.6 Å². The van der Waals surface area contributed by atoms with Crippen molar-refractivity contribution in [2.24, 2.45) is 0 Å². The molecule has 2 N–H and O–H groups in total. The third-order valence-corrected chi connectivity index (χ3v) is 3.00. The van der Waals surface area contributed by atoms with Crippen LogP contribution in [0.25, 0.3) is 0 Å². The summed E-state index contributed by atoms with van der Waals surface area (Å²) in [5, 5.41) is 9.83. The number of rotatable bonds is 3. The number of aliphatic hydroxyl groups is 1. The van der Waals surface area contributed by atoms with Gasteiger partial charge in [0.2, 0.25) is 0 Å². The molecule has 0 spiro atoms. The molecule has 1 fully saturated rings. The van der Waals surface area contributed by atoms with Crippen LogP contribution < -0.4 is 0 Å². The van der Waals surface area contributed by atoms with Crippen molar-refractivity contribution >= 4 is 10.4 Å². The minimum atomic E-state index is -4.63. The van der Waals surface area contributed by atoms with Gasteiger partial charge in [-0.1, -0.05) is 0 Å². The lowest BCUT2D eigenvalue weighted by Gasteiger charge is -2.40. The van der Waals surface area contributed by atoms with Gasteiger partial charge in [-0.15, -0.1) is 0 Å². The van der Waals surface area contributed by atoms with Crippen molar-refractivity contribution in [3.63, 3.8) is 0 Å². The van der Waals surface area contributed by atoms with E-state index < -0.39 is 40.9 Å². The molecule has 1 aliphatic rings. The highest BCUT2D eigenvalue weighted by molar-refractivity contribution is 7.80. The summed E-state index contributed by atoms with van der Waals surface area (Å²) in [7, 11) is -3.26. The second-order valence-electron chi connectivity index (χ2n) is 3.73. The van der Waals surface area contributed by atoms with Crippen molar-refractivity contribution in [2.45, 2.75) is 44.4 Å². The van der Waals surface area contributed by atoms with E-state index in [0.29, 0.717) is 0 Å². The van der Waals surface area contributed by atoms with Crippen molar-refractivity contribution in [2.75, 3.05) is 7.11 Å². The number of hydrogen-bond donors (Lipinski definition) is 2. The molecule has 0 unspecified atom stereocenters. The summed E-state index contributed by atoms with van der Waals surface area (Å²) in [4.78, 5) is 0. The second kappa shape index (κ2) is 4.94. The fourth-order valence-corrected chi connectivity index (χ4v) is 2.39. The minimum absolute atomic E-state index is 0.392. The molecule has 0 radical (unpaired) electrons. The lowest BCUT2D eigenvalue weighted by Crippen LogP contribution is -2.57. The molecule has 8 heteroatoms. The number of ether oxygens (including phenoxy) is 2. The van der Waals surface area contributed by atoms with Gasteiger partial charge >= 0.3 is 10.4 Å². The van der Waals surface area contributed by atoms with Crippen molar-refractivity contribution in [3.8, 4) is 0 Å². The predicted octanol–water partition coefficient (Wildman–Crippen LogP) is -0.642. The maximum atomic E-state index is 10.6. The Morgan fingerprint density at radius 1 is 1.19 bits per heavy atom. The molecule has 0 aromatic carbocycles. The number of hydrogen-bond acceptors (Lipinski definition) is 6. The van der Waals surface area contributed by atoms with Crippen LogP contribution in [-0.4, -0.2) is 55.7 Å². The van der Waals surface area contributed by atoms with Crippen LogP contribution in [0.15, 0.2) is 0 Å². The Bertz CT molecular complexity index is 327. The average Bonchev–Trinajstić information content (AvgIpc) is 2.11. The molecule has 0 aromatic rings. The molecular weight excluding hydrogens is 240 g/mol. The van der Waals surface area contributed by atoms with Gasteiger partial charge in [0.1, 0.15) is 18.3 Å². The summed E-state index contributed by atoms with van der Waals surface area (Å²) in [5.74, 6) is 0. The van der Waals surface area contributed by atoms with E-state index in [1.165, 1.54) is 7.11 Å². The van der Waals surface area contributed by atoms with Gasteiger partial charge in [0, 0.05) is 7.11 Å². The number of aliphatic hydroxyl groups excluding tert-OH is 1. The van der Waals surface area contributed by atoms with Gasteiger partial charge in [-0.05, 0) is 13.8 Å². The van der Waals surface area contributed by atoms with E-state index in [-0.39, 0.29) is 0 Å². The highest BCUT2D eigenvalue weighted by Crippen LogP contribution is 2.25. The quantitative estimate of drug-likeness (QED) is 0.647. The average molecular weight is 256 g/mol. The SMILES string of the molecule is CO[C@H]1[C@H](O)[C@H](OS(=O)(=O)O)[C@H](C)O[C@@H]1C. The highest BCUT2D eigenvalue weighted by Gasteiger charge is 2.44. The van der Waals surface area contributed by atoms with E-state index in [1.54, 1.807) is 13.8 Å². The van der Waals surface area contributed by atoms with Gasteiger partial charge in [-0.25, -0.2) is 4.18 Å². The van der Waals surface area contributed by atoms with Crippen LogP contribution in [0.1, 0.15) is 13.8 Å². The molecule has 0 saturated carbocycles. The maximum Gasteiger partial charge on any atom is 0.397 e. The lowest BCUT2D eigenvalue weighted by molar-refractivity contribution is -0.212. The zero-order chi connectivity index (χ0) is 12.5. The monoisotopic (exact) mass is 256 g/mol. The Labute approximate surface area is 94.3 Å². The van der Waals surface area contributed by atoms with Crippen LogP contribution in [0.3, 0.4) is 0 Å². The Hall–Kier alpha value is -0.250. The predicted molar refractivity (Wildman–Crippen MR) is 53.2 cm³/mol. The molecule has 16 heavy (non-hydrogen) atoms. The van der Waals surface area contributed by atoms with Crippen LogP contribution in [0, 0.1) is 0 Å². The fourth-order valence-electron chi connectivity index (χ4n) is 1.84. The molecular formula is C8H16O7S. The lowest BCUT2D eigenvalue weighted by atomic mass is 9.96. The molecule has 0 aromatic heterocycles. The molecule has 0 bridgehead atoms. The molecule has 1 saturated heterocycles. The zero-order valence-electron chi connectivity index (χ0n) is 9.23. The van der Waals surface area contributed by atoms with E-state index in [0.717, 1.165) is 0 Å². The van der Waals surface area contributed by atoms with E-state index in [1.807, 2.05) is 0 Å². The molecule has 0 amide bonds. The van der Waals surface area contributed by atoms with E-state index in [2.05, 4.69) is 4.18 Å². The zero-order valence-corrected chi connectivity index (χ0v) is 10.0. The van der Waals surface area contributed by atoms with Crippen LogP contribution in [0.4, 0.5) is 0 Å². The maximum absolute atomic E-state index is 10.6. The normalized spacial score (nSPS) is 40.9. The largest absolute Gasteiger partial charge is 0.397 e. The van der Waals surface area contributed by atoms with Crippen molar-refractivity contribution < 1.29 is 31.7 Å². The first kappa shape index (κ1) is 13.8. The molecule has 1 rings (SSSR count). The second-order valence-corrected chi connectivity index (χ2v) is 4.77. The first-order valence-electron chi connectivity index (χ1n) is 4.78. The van der Waals surface area contributed by atoms with E-state index in [4.69, 9.17) is 14.0 Å². The summed E-state index contributed by atoms with van der Waals surface area (Å²) in [6.45, 7) is 3.24. The Morgan fingerprint density at radius 2 is 1.69 bits per heavy atom. The smallest absolute Gasteiger partial charge is 0.387 e. The Kier molecular flexibility index (Phi) is 4.27. The molecule has 1 heterocycles. The van der Waals surface area contributed by atoms with Crippen molar-refractivity contribution in [1.29, 1.82) is 0 Å². The first-order valence-corrected chi connectivity index (χ1v) is 6.15. The summed E-state index contributed by atoms with van der Waals surface area (Å²) >= 11 is 0. The van der Waals surface area contributed by atoms with Gasteiger partial charge in [0.25, 0.3) is 0 Å². The third-order valence-electron chi connectivity index (χ3n) is 2.53. The van der Waals surface area contributed by atoms with Crippen molar-refractivity contribution in [3.05, 3.63) is 0 Å². The highest BCUT2D eigenvalue weighted by atomic mass is 32.3. The fraction of sp³-hybridized carbons (Fsp3) is 1.00. The van der Waals surface area contributed by atoms with E-state index in [9.17, 15) is 13.5 Å². The summed E-state index contributed by atoms with van der Waals surface area (Å²) in [6.07, 6.45) is -4.14. The molecule has 7 nitrogen and oxygen atoms in total. The molecule has 5 atom stereocenters. The molecule has 96 valence electrons. The summed E-state index contributed by atoms with van der Waals surface area (Å²) in [6, 6.07) is 0. The van der Waals surface area contributed by atoms with Crippen LogP contribution in [-0.2, 0) is 24.1 Å². The summed E-state index contributed by atoms with van der Waals surface area (Å²) in [5.41, 5.74) is 0. The van der Waals surface area contributed by atoms with Crippen LogP contribution in [0.2, 0.25) is 0 Å². The van der Waals surface area contributed by atoms with E-state index >= 15 is 0 Å². The third kappa shape index (κ3) is 3.12. The first-order chi connectivity index (χ1) is 7.26. The van der Waals surface area contributed by atoms with Gasteiger partial charge in [-0.2, -0.15) is 8.42 Å². The Balaban J connectivity index is 2.83. The van der Waals surface area contributed by atoms with Gasteiger partial charge in [0.05, 0.1) is 12.2 Å². The standard InChI is InChI=1S/C8H16O7S/c1-4-7(13-3)6(9)8(5(2)14-4)15-16(10,11)12/h4-9H,1-3H3,(H,10,11,12)/t4-,5+,6+,7-,8-/m1/s1. The van der Waals surface area contributed by atoms with Crippen molar-refractivity contribution in [1.82, 2.24) is 0 Å². The topological polar surface area (TPSA) is 102 Å². The molecule has 0 aliphatic carbocycles. The molecule has 1 aliphatic heterocycles. The minimum Gasteiger partial charge on any atom is -0.387 e. The number of methoxy groups -OCH3 is 1. The van der Waals surface area contributed by atoms with Crippen LogP contribution in [0.5, 0.6) is 0 Å². The summed E-state index contributed by atoms with van der Waals surface area (Å²) < 4.78 is 44.4. The van der Waals surface area contributed by atoms with Crippen LogP contribution >= 0.6 is 0 Å². The van der Waals surface area contributed by atoms with Gasteiger partial charge in [-0.3, -0.25) is 4.55 Å². The Morgan fingerprint density at radius 3 is 2.12 bits per heavy atom. The van der Waals surface area contributed by atoms with Gasteiger partial charge in [0.15, 0.2) is 0 Å².